The van der Waals surface area contributed by atoms with Crippen LogP contribution in [0.15, 0.2) is 60.7 Å². The third kappa shape index (κ3) is 7.48. The Morgan fingerprint density at radius 1 is 0.625 bits per heavy atom. The highest BCUT2D eigenvalue weighted by molar-refractivity contribution is 5.38. The molecule has 2 N–H and O–H groups in total. The maximum Gasteiger partial charge on any atom is 0.459 e. The number of benzene rings is 2. The number of hydrogen-bond donors (Lipinski definition) is 2. The largest absolute Gasteiger partial charge is 0.459 e. The fraction of sp³-hybridized carbons (Fsp3) is 0.478. The predicted molar refractivity (Wildman–Crippen MR) is 114 cm³/mol. The first-order chi connectivity index (χ1) is 14.8. The first kappa shape index (κ1) is 29.9. The Hall–Kier alpha value is -2.13. The van der Waals surface area contributed by atoms with E-state index < -0.39 is 24.6 Å². The summed E-state index contributed by atoms with van der Waals surface area (Å²) in [5.41, 5.74) is 2.72. The summed E-state index contributed by atoms with van der Waals surface area (Å²) in [4.78, 5) is 0. The normalized spacial score (nSPS) is 12.2. The Morgan fingerprint density at radius 2 is 0.969 bits per heavy atom. The molecule has 0 atom stereocenters. The van der Waals surface area contributed by atoms with Gasteiger partial charge in [0.1, 0.15) is 0 Å². The average molecular weight is 469 g/mol. The van der Waals surface area contributed by atoms with Crippen molar-refractivity contribution in [1.82, 2.24) is 10.6 Å². The highest BCUT2D eigenvalue weighted by atomic mass is 19.4. The van der Waals surface area contributed by atoms with Crippen molar-refractivity contribution in [3.63, 3.8) is 0 Å². The summed E-state index contributed by atoms with van der Waals surface area (Å²) in [5, 5.41) is 4.86. The molecular formula is C23H31F7N2. The zero-order valence-corrected chi connectivity index (χ0v) is 18.8. The zero-order chi connectivity index (χ0) is 25.1. The van der Waals surface area contributed by atoms with Gasteiger partial charge >= 0.3 is 18.0 Å². The highest BCUT2D eigenvalue weighted by Crippen LogP contribution is 2.45. The lowest BCUT2D eigenvalue weighted by Crippen LogP contribution is -2.55. The molecule has 0 unspecified atom stereocenters. The van der Waals surface area contributed by atoms with Gasteiger partial charge in [-0.05, 0) is 25.2 Å². The minimum absolute atomic E-state index is 0.0251. The Morgan fingerprint density at radius 3 is 1.25 bits per heavy atom. The molecule has 0 saturated carbocycles. The van der Waals surface area contributed by atoms with Gasteiger partial charge in [-0.15, -0.1) is 0 Å². The average Bonchev–Trinajstić information content (AvgIpc) is 2.76. The van der Waals surface area contributed by atoms with Gasteiger partial charge in [0.05, 0.1) is 6.54 Å². The van der Waals surface area contributed by atoms with Crippen molar-refractivity contribution >= 4 is 0 Å². The van der Waals surface area contributed by atoms with E-state index in [1.54, 1.807) is 5.32 Å². The van der Waals surface area contributed by atoms with Crippen LogP contribution in [0.5, 0.6) is 0 Å². The van der Waals surface area contributed by atoms with Crippen molar-refractivity contribution in [2.75, 3.05) is 27.2 Å². The molecule has 0 bridgehead atoms. The smallest absolute Gasteiger partial charge is 0.319 e. The molecule has 32 heavy (non-hydrogen) atoms. The van der Waals surface area contributed by atoms with Gasteiger partial charge in [0.15, 0.2) is 0 Å². The molecule has 0 aliphatic rings. The fourth-order valence-corrected chi connectivity index (χ4v) is 2.88. The number of nitrogens with one attached hydrogen (secondary N) is 2. The van der Waals surface area contributed by atoms with Crippen molar-refractivity contribution in [3.8, 4) is 0 Å². The second-order valence-electron chi connectivity index (χ2n) is 6.90. The van der Waals surface area contributed by atoms with Crippen LogP contribution in [0, 0.1) is 0 Å². The SMILES string of the molecule is CC.CNCC(C)(c1ccccc1)c1ccccc1.CNCC(F)(F)C(F)(F)C(F)(F)F. The van der Waals surface area contributed by atoms with Gasteiger partial charge in [-0.25, -0.2) is 0 Å². The van der Waals surface area contributed by atoms with Crippen LogP contribution in [0.4, 0.5) is 30.7 Å². The molecule has 0 saturated heterocycles. The van der Waals surface area contributed by atoms with E-state index in [0.717, 1.165) is 13.6 Å². The summed E-state index contributed by atoms with van der Waals surface area (Å²) in [6, 6.07) is 21.3. The van der Waals surface area contributed by atoms with Crippen LogP contribution in [0.3, 0.4) is 0 Å². The van der Waals surface area contributed by atoms with Crippen molar-refractivity contribution in [2.45, 2.75) is 44.2 Å². The van der Waals surface area contributed by atoms with Crippen LogP contribution in [0.1, 0.15) is 31.9 Å². The van der Waals surface area contributed by atoms with Crippen LogP contribution < -0.4 is 10.6 Å². The fourth-order valence-electron chi connectivity index (χ4n) is 2.88. The van der Waals surface area contributed by atoms with E-state index in [2.05, 4.69) is 72.9 Å². The van der Waals surface area contributed by atoms with E-state index in [1.165, 1.54) is 11.1 Å². The van der Waals surface area contributed by atoms with Gasteiger partial charge in [-0.1, -0.05) is 81.4 Å². The lowest BCUT2D eigenvalue weighted by molar-refractivity contribution is -0.352. The van der Waals surface area contributed by atoms with Gasteiger partial charge in [0.25, 0.3) is 0 Å². The van der Waals surface area contributed by atoms with E-state index in [0.29, 0.717) is 0 Å². The number of likely N-dealkylation sites (N-methyl/N-ethyl adjacent to an activating group) is 1. The molecule has 0 aliphatic carbocycles. The van der Waals surface area contributed by atoms with Crippen LogP contribution in [0.2, 0.25) is 0 Å². The Balaban J connectivity index is 0.000000578. The van der Waals surface area contributed by atoms with Crippen LogP contribution >= 0.6 is 0 Å². The van der Waals surface area contributed by atoms with Gasteiger partial charge in [-0.2, -0.15) is 30.7 Å². The monoisotopic (exact) mass is 468 g/mol. The summed E-state index contributed by atoms with van der Waals surface area (Å²) in [6.45, 7) is 5.48. The molecule has 0 heterocycles. The van der Waals surface area contributed by atoms with E-state index in [-0.39, 0.29) is 5.41 Å². The quantitative estimate of drug-likeness (QED) is 0.468. The van der Waals surface area contributed by atoms with E-state index >= 15 is 0 Å². The summed E-state index contributed by atoms with van der Waals surface area (Å²) < 4.78 is 82.5. The second-order valence-corrected chi connectivity index (χ2v) is 6.90. The molecule has 2 nitrogen and oxygen atoms in total. The number of halogens is 7. The van der Waals surface area contributed by atoms with Crippen molar-refractivity contribution in [3.05, 3.63) is 71.8 Å². The van der Waals surface area contributed by atoms with Crippen LogP contribution in [0.25, 0.3) is 0 Å². The zero-order valence-electron chi connectivity index (χ0n) is 18.8. The molecule has 2 rings (SSSR count). The highest BCUT2D eigenvalue weighted by Gasteiger charge is 2.72. The van der Waals surface area contributed by atoms with Crippen LogP contribution in [-0.2, 0) is 5.41 Å². The van der Waals surface area contributed by atoms with E-state index in [4.69, 9.17) is 0 Å². The van der Waals surface area contributed by atoms with Gasteiger partial charge < -0.3 is 10.6 Å². The minimum Gasteiger partial charge on any atom is -0.319 e. The molecule has 182 valence electrons. The summed E-state index contributed by atoms with van der Waals surface area (Å²) in [5.74, 6) is -11.1. The number of alkyl halides is 7. The van der Waals surface area contributed by atoms with Crippen molar-refractivity contribution in [1.29, 1.82) is 0 Å². The standard InChI is InChI=1S/C16H19N.C5H6F7N.C2H6/c1-16(13-17-2,14-9-5-3-6-10-14)15-11-7-4-8-12-15;1-13-2-3(6,7)4(8,9)5(10,11)12;1-2/h3-12,17H,13H2,1-2H3;13H,2H2,1H3;1-2H3. The predicted octanol–water partition coefficient (Wildman–Crippen LogP) is 6.28. The molecule has 0 fully saturated rings. The molecule has 9 heteroatoms. The third-order valence-corrected chi connectivity index (χ3v) is 4.57. The minimum atomic E-state index is -6.24. The Kier molecular flexibility index (Phi) is 11.9. The first-order valence-corrected chi connectivity index (χ1v) is 10.1. The van der Waals surface area contributed by atoms with Crippen LogP contribution in [-0.4, -0.2) is 45.2 Å². The summed E-state index contributed by atoms with van der Waals surface area (Å²) >= 11 is 0. The molecule has 2 aromatic carbocycles. The maximum absolute atomic E-state index is 12.2. The van der Waals surface area contributed by atoms with Gasteiger partial charge in [-0.3, -0.25) is 0 Å². The maximum atomic E-state index is 12.2. The Bertz CT molecular complexity index is 708. The molecule has 0 aliphatic heterocycles. The van der Waals surface area contributed by atoms with E-state index in [1.807, 2.05) is 20.9 Å². The molecule has 0 aromatic heterocycles. The van der Waals surface area contributed by atoms with Crippen molar-refractivity contribution in [2.24, 2.45) is 0 Å². The number of rotatable bonds is 7. The summed E-state index contributed by atoms with van der Waals surface area (Å²) in [7, 11) is 2.85. The van der Waals surface area contributed by atoms with Gasteiger partial charge in [0.2, 0.25) is 0 Å². The number of hydrogen-bond acceptors (Lipinski definition) is 2. The summed E-state index contributed by atoms with van der Waals surface area (Å²) in [6.07, 6.45) is -6.24. The lowest BCUT2D eigenvalue weighted by Gasteiger charge is -2.30. The molecule has 0 spiro atoms. The molecular weight excluding hydrogens is 437 g/mol. The molecule has 0 radical (unpaired) electrons. The topological polar surface area (TPSA) is 24.1 Å². The second kappa shape index (κ2) is 12.8. The first-order valence-electron chi connectivity index (χ1n) is 10.1. The Labute approximate surface area is 185 Å². The van der Waals surface area contributed by atoms with Crippen molar-refractivity contribution < 1.29 is 30.7 Å². The third-order valence-electron chi connectivity index (χ3n) is 4.57. The molecule has 0 amide bonds. The lowest BCUT2D eigenvalue weighted by atomic mass is 9.76. The van der Waals surface area contributed by atoms with Gasteiger partial charge in [0, 0.05) is 12.0 Å². The van der Waals surface area contributed by atoms with E-state index in [9.17, 15) is 30.7 Å². The molecule has 2 aromatic rings.